The molecule has 1 fully saturated rings. The minimum absolute atomic E-state index is 0.0543. The van der Waals surface area contributed by atoms with E-state index in [1.54, 1.807) is 6.33 Å². The first-order chi connectivity index (χ1) is 15.6. The molecule has 192 valence electrons. The Labute approximate surface area is 207 Å². The van der Waals surface area contributed by atoms with Crippen molar-refractivity contribution < 1.29 is 18.3 Å². The van der Waals surface area contributed by atoms with E-state index in [4.69, 9.17) is 18.3 Å². The summed E-state index contributed by atoms with van der Waals surface area (Å²) < 4.78 is 27.7. The number of fused-ring (bicyclic) bond motifs is 1. The molecule has 0 unspecified atom stereocenters. The van der Waals surface area contributed by atoms with Crippen molar-refractivity contribution in [3.8, 4) is 5.88 Å². The van der Waals surface area contributed by atoms with Crippen molar-refractivity contribution in [2.24, 2.45) is 0 Å². The van der Waals surface area contributed by atoms with Gasteiger partial charge in [-0.2, -0.15) is 4.98 Å². The first kappa shape index (κ1) is 27.3. The van der Waals surface area contributed by atoms with Gasteiger partial charge in [0.1, 0.15) is 18.7 Å². The van der Waals surface area contributed by atoms with Crippen molar-refractivity contribution in [3.63, 3.8) is 0 Å². The summed E-state index contributed by atoms with van der Waals surface area (Å²) in [5, 5.41) is 0.241. The van der Waals surface area contributed by atoms with Gasteiger partial charge in [0.2, 0.25) is 5.88 Å². The van der Waals surface area contributed by atoms with Crippen molar-refractivity contribution in [2.75, 3.05) is 13.2 Å². The van der Waals surface area contributed by atoms with Gasteiger partial charge in [-0.05, 0) is 43.2 Å². The molecule has 0 bridgehead atoms. The van der Waals surface area contributed by atoms with Gasteiger partial charge < -0.3 is 18.3 Å². The highest BCUT2D eigenvalue weighted by atomic mass is 28.4. The maximum absolute atomic E-state index is 6.89. The normalized spacial score (nSPS) is 22.5. The Morgan fingerprint density at radius 2 is 1.65 bits per heavy atom. The van der Waals surface area contributed by atoms with Gasteiger partial charge in [0, 0.05) is 6.42 Å². The van der Waals surface area contributed by atoms with E-state index >= 15 is 0 Å². The Morgan fingerprint density at radius 3 is 2.24 bits per heavy atom. The highest BCUT2D eigenvalue weighted by Crippen LogP contribution is 2.43. The molecule has 1 saturated heterocycles. The zero-order valence-electron chi connectivity index (χ0n) is 22.9. The molecule has 3 heterocycles. The molecular formula is C24H44N4O4Si2. The second-order valence-electron chi connectivity index (χ2n) is 12.3. The highest BCUT2D eigenvalue weighted by molar-refractivity contribution is 6.74. The smallest absolute Gasteiger partial charge is 0.245 e. The summed E-state index contributed by atoms with van der Waals surface area (Å²) in [6.07, 6.45) is 3.56. The number of hydrogen-bond acceptors (Lipinski definition) is 7. The molecule has 0 aliphatic carbocycles. The summed E-state index contributed by atoms with van der Waals surface area (Å²) in [4.78, 5) is 13.3. The van der Waals surface area contributed by atoms with E-state index in [0.29, 0.717) is 30.3 Å². The van der Waals surface area contributed by atoms with E-state index in [9.17, 15) is 0 Å². The summed E-state index contributed by atoms with van der Waals surface area (Å²) in [6, 6.07) is 0. The fourth-order valence-corrected chi connectivity index (χ4v) is 5.86. The monoisotopic (exact) mass is 508 g/mol. The van der Waals surface area contributed by atoms with Crippen LogP contribution in [-0.4, -0.2) is 61.6 Å². The molecule has 10 heteroatoms. The molecule has 2 aromatic heterocycles. The molecule has 2 aromatic rings. The van der Waals surface area contributed by atoms with Crippen molar-refractivity contribution in [3.05, 3.63) is 12.7 Å². The van der Waals surface area contributed by atoms with Crippen LogP contribution < -0.4 is 4.74 Å². The first-order valence-electron chi connectivity index (χ1n) is 12.3. The van der Waals surface area contributed by atoms with E-state index < -0.39 is 16.6 Å². The second-order valence-corrected chi connectivity index (χ2v) is 21.9. The van der Waals surface area contributed by atoms with E-state index in [1.807, 2.05) is 11.5 Å². The Balaban J connectivity index is 1.88. The lowest BCUT2D eigenvalue weighted by Crippen LogP contribution is -2.48. The predicted molar refractivity (Wildman–Crippen MR) is 140 cm³/mol. The molecule has 3 rings (SSSR count). The first-order valence-corrected chi connectivity index (χ1v) is 18.2. The number of imidazole rings is 1. The van der Waals surface area contributed by atoms with Crippen LogP contribution >= 0.6 is 0 Å². The third kappa shape index (κ3) is 5.56. The van der Waals surface area contributed by atoms with E-state index in [2.05, 4.69) is 82.7 Å². The van der Waals surface area contributed by atoms with Crippen LogP contribution in [0.2, 0.25) is 36.3 Å². The number of nitrogens with zero attached hydrogens (tertiary/aromatic N) is 4. The molecule has 34 heavy (non-hydrogen) atoms. The van der Waals surface area contributed by atoms with Gasteiger partial charge in [0.15, 0.2) is 27.8 Å². The largest absolute Gasteiger partial charge is 0.476 e. The molecule has 8 nitrogen and oxygen atoms in total. The van der Waals surface area contributed by atoms with Gasteiger partial charge in [-0.25, -0.2) is 9.97 Å². The van der Waals surface area contributed by atoms with Crippen LogP contribution in [0.5, 0.6) is 5.88 Å². The molecule has 0 radical (unpaired) electrons. The summed E-state index contributed by atoms with van der Waals surface area (Å²) in [7, 11) is -3.93. The average Bonchev–Trinajstić information content (AvgIpc) is 3.29. The maximum atomic E-state index is 6.89. The predicted octanol–water partition coefficient (Wildman–Crippen LogP) is 5.92. The highest BCUT2D eigenvalue weighted by Gasteiger charge is 2.46. The SMILES string of the molecule is CCOc1ncnc2c1ncn2[C@H]1C[C@H](O[Si](C)(C)C(C)(C)C)[C@@H](CO[Si](C)(C)C(C)(C)C)O1. The van der Waals surface area contributed by atoms with Gasteiger partial charge in [-0.1, -0.05) is 41.5 Å². The van der Waals surface area contributed by atoms with Crippen molar-refractivity contribution in [2.45, 2.75) is 110 Å². The van der Waals surface area contributed by atoms with E-state index in [0.717, 1.165) is 6.42 Å². The quantitative estimate of drug-likeness (QED) is 0.409. The molecule has 1 aliphatic rings. The van der Waals surface area contributed by atoms with Crippen molar-refractivity contribution in [1.29, 1.82) is 0 Å². The van der Waals surface area contributed by atoms with Gasteiger partial charge in [-0.15, -0.1) is 0 Å². The standard InChI is InChI=1S/C24H44N4O4Si2/c1-12-29-22-20-21(25-15-26-22)28(16-27-20)19-13-17(32-34(10,11)24(5,6)7)18(31-19)14-30-33(8,9)23(2,3)4/h15-19H,12-14H2,1-11H3/t17-,18+,19+/m0/s1. The topological polar surface area (TPSA) is 80.5 Å². The van der Waals surface area contributed by atoms with Gasteiger partial charge in [-0.3, -0.25) is 4.57 Å². The molecule has 0 saturated carbocycles. The van der Waals surface area contributed by atoms with Crippen LogP contribution in [0, 0.1) is 0 Å². The van der Waals surface area contributed by atoms with Crippen LogP contribution in [0.25, 0.3) is 11.2 Å². The molecule has 0 aromatic carbocycles. The zero-order chi connectivity index (χ0) is 25.5. The lowest BCUT2D eigenvalue weighted by atomic mass is 10.2. The van der Waals surface area contributed by atoms with Crippen LogP contribution in [0.1, 0.15) is 61.1 Å². The van der Waals surface area contributed by atoms with Crippen LogP contribution in [0.3, 0.4) is 0 Å². The number of hydrogen-bond donors (Lipinski definition) is 0. The van der Waals surface area contributed by atoms with Crippen LogP contribution in [0.15, 0.2) is 12.7 Å². The fraction of sp³-hybridized carbons (Fsp3) is 0.792. The molecular weight excluding hydrogens is 464 g/mol. The Bertz CT molecular complexity index is 981. The van der Waals surface area contributed by atoms with E-state index in [-0.39, 0.29) is 28.5 Å². The lowest BCUT2D eigenvalue weighted by molar-refractivity contribution is -0.0383. The summed E-state index contributed by atoms with van der Waals surface area (Å²) in [5.41, 5.74) is 1.36. The summed E-state index contributed by atoms with van der Waals surface area (Å²) >= 11 is 0. The molecule has 3 atom stereocenters. The zero-order valence-corrected chi connectivity index (χ0v) is 24.9. The van der Waals surface area contributed by atoms with Crippen molar-refractivity contribution >= 4 is 27.8 Å². The molecule has 0 spiro atoms. The third-order valence-electron chi connectivity index (χ3n) is 7.76. The maximum Gasteiger partial charge on any atom is 0.245 e. The lowest BCUT2D eigenvalue weighted by Gasteiger charge is -2.40. The van der Waals surface area contributed by atoms with E-state index in [1.165, 1.54) is 6.33 Å². The summed E-state index contributed by atoms with van der Waals surface area (Å²) in [5.74, 6) is 0.496. The van der Waals surface area contributed by atoms with Crippen LogP contribution in [0.4, 0.5) is 0 Å². The van der Waals surface area contributed by atoms with Gasteiger partial charge >= 0.3 is 0 Å². The Hall–Kier alpha value is -1.34. The van der Waals surface area contributed by atoms with Crippen molar-refractivity contribution in [1.82, 2.24) is 19.5 Å². The Kier molecular flexibility index (Phi) is 7.70. The molecule has 0 N–H and O–H groups in total. The van der Waals surface area contributed by atoms with Gasteiger partial charge in [0.05, 0.1) is 25.6 Å². The fourth-order valence-electron chi connectivity index (χ4n) is 3.49. The number of ether oxygens (including phenoxy) is 2. The number of aromatic nitrogens is 4. The summed E-state index contributed by atoms with van der Waals surface area (Å²) in [6.45, 7) is 25.7. The van der Waals surface area contributed by atoms with Crippen LogP contribution in [-0.2, 0) is 13.6 Å². The Morgan fingerprint density at radius 1 is 1.00 bits per heavy atom. The van der Waals surface area contributed by atoms with Gasteiger partial charge in [0.25, 0.3) is 0 Å². The number of rotatable bonds is 8. The third-order valence-corrected chi connectivity index (χ3v) is 16.8. The minimum Gasteiger partial charge on any atom is -0.476 e. The second kappa shape index (κ2) is 9.61. The minimum atomic E-state index is -2.01. The average molecular weight is 509 g/mol. The molecule has 1 aliphatic heterocycles. The molecule has 0 amide bonds.